The van der Waals surface area contributed by atoms with Gasteiger partial charge in [0.1, 0.15) is 0 Å². The first-order chi connectivity index (χ1) is 9.00. The van der Waals surface area contributed by atoms with Crippen molar-refractivity contribution >= 4 is 0 Å². The Kier molecular flexibility index (Phi) is 4.44. The van der Waals surface area contributed by atoms with Crippen molar-refractivity contribution in [3.63, 3.8) is 0 Å². The van der Waals surface area contributed by atoms with E-state index in [1.54, 1.807) is 6.07 Å². The highest BCUT2D eigenvalue weighted by molar-refractivity contribution is 5.30. The number of alkyl halides is 3. The fourth-order valence-electron chi connectivity index (χ4n) is 2.06. The Hall–Kier alpha value is -1.11. The zero-order valence-electron chi connectivity index (χ0n) is 10.2. The van der Waals surface area contributed by atoms with E-state index in [9.17, 15) is 13.2 Å². The molecule has 1 aliphatic rings. The fourth-order valence-corrected chi connectivity index (χ4v) is 2.06. The van der Waals surface area contributed by atoms with Crippen LogP contribution in [-0.2, 0) is 22.1 Å². The Bertz CT molecular complexity index is 420. The fraction of sp³-hybridized carbons (Fsp3) is 0.538. The van der Waals surface area contributed by atoms with Crippen LogP contribution in [0.2, 0.25) is 0 Å². The first-order valence-corrected chi connectivity index (χ1v) is 6.03. The van der Waals surface area contributed by atoms with E-state index >= 15 is 0 Å². The van der Waals surface area contributed by atoms with E-state index in [0.29, 0.717) is 13.0 Å². The van der Waals surface area contributed by atoms with Gasteiger partial charge in [0, 0.05) is 13.0 Å². The SMILES string of the molecule is OCCC1COC(Cc2ccccc2C(F)(F)F)O1. The quantitative estimate of drug-likeness (QED) is 0.917. The molecular weight excluding hydrogens is 261 g/mol. The summed E-state index contributed by atoms with van der Waals surface area (Å²) in [5.74, 6) is 0. The predicted molar refractivity (Wildman–Crippen MR) is 61.5 cm³/mol. The molecule has 6 heteroatoms. The maximum atomic E-state index is 12.8. The van der Waals surface area contributed by atoms with Crippen LogP contribution in [0.15, 0.2) is 24.3 Å². The van der Waals surface area contributed by atoms with Gasteiger partial charge in [-0.2, -0.15) is 13.2 Å². The van der Waals surface area contributed by atoms with Gasteiger partial charge in [0.05, 0.1) is 18.3 Å². The number of ether oxygens (including phenoxy) is 2. The number of halogens is 3. The van der Waals surface area contributed by atoms with Gasteiger partial charge in [-0.25, -0.2) is 0 Å². The van der Waals surface area contributed by atoms with Gasteiger partial charge in [0.25, 0.3) is 0 Å². The van der Waals surface area contributed by atoms with Gasteiger partial charge in [0.2, 0.25) is 0 Å². The number of hydrogen-bond acceptors (Lipinski definition) is 3. The van der Waals surface area contributed by atoms with E-state index < -0.39 is 18.0 Å². The lowest BCUT2D eigenvalue weighted by molar-refractivity contribution is -0.138. The van der Waals surface area contributed by atoms with Crippen LogP contribution in [0.1, 0.15) is 17.5 Å². The van der Waals surface area contributed by atoms with Crippen LogP contribution < -0.4 is 0 Å². The molecule has 2 atom stereocenters. The maximum Gasteiger partial charge on any atom is 0.416 e. The average molecular weight is 276 g/mol. The number of aliphatic hydroxyl groups excluding tert-OH is 1. The average Bonchev–Trinajstić information content (AvgIpc) is 2.76. The predicted octanol–water partition coefficient (Wildman–Crippen LogP) is 2.37. The molecule has 2 unspecified atom stereocenters. The molecule has 0 amide bonds. The molecule has 19 heavy (non-hydrogen) atoms. The summed E-state index contributed by atoms with van der Waals surface area (Å²) in [5.41, 5.74) is -0.502. The molecule has 2 rings (SSSR count). The van der Waals surface area contributed by atoms with E-state index in [4.69, 9.17) is 14.6 Å². The molecule has 1 fully saturated rings. The minimum atomic E-state index is -4.38. The summed E-state index contributed by atoms with van der Waals surface area (Å²) in [4.78, 5) is 0. The molecule has 1 saturated heterocycles. The topological polar surface area (TPSA) is 38.7 Å². The Morgan fingerprint density at radius 1 is 1.26 bits per heavy atom. The summed E-state index contributed by atoms with van der Waals surface area (Å²) in [5, 5.41) is 8.77. The molecule has 1 aliphatic heterocycles. The molecule has 0 aromatic heterocycles. The first-order valence-electron chi connectivity index (χ1n) is 6.03. The van der Waals surface area contributed by atoms with Gasteiger partial charge in [-0.15, -0.1) is 0 Å². The Morgan fingerprint density at radius 2 is 2.00 bits per heavy atom. The summed E-state index contributed by atoms with van der Waals surface area (Å²) in [7, 11) is 0. The number of benzene rings is 1. The number of rotatable bonds is 4. The Morgan fingerprint density at radius 3 is 2.68 bits per heavy atom. The largest absolute Gasteiger partial charge is 0.416 e. The summed E-state index contributed by atoms with van der Waals surface area (Å²) in [6, 6.07) is 5.40. The Balaban J connectivity index is 2.04. The molecular formula is C13H15F3O3. The monoisotopic (exact) mass is 276 g/mol. The molecule has 0 bridgehead atoms. The molecule has 1 aromatic carbocycles. The third-order valence-corrected chi connectivity index (χ3v) is 2.97. The molecule has 0 radical (unpaired) electrons. The van der Waals surface area contributed by atoms with E-state index in [-0.39, 0.29) is 24.7 Å². The third kappa shape index (κ3) is 3.68. The second-order valence-corrected chi connectivity index (χ2v) is 4.39. The highest BCUT2D eigenvalue weighted by atomic mass is 19.4. The lowest BCUT2D eigenvalue weighted by Crippen LogP contribution is -2.18. The van der Waals surface area contributed by atoms with Crippen LogP contribution in [0.25, 0.3) is 0 Å². The van der Waals surface area contributed by atoms with Gasteiger partial charge in [-0.05, 0) is 18.1 Å². The molecule has 1 heterocycles. The van der Waals surface area contributed by atoms with Crippen LogP contribution in [0.3, 0.4) is 0 Å². The normalized spacial score (nSPS) is 23.8. The van der Waals surface area contributed by atoms with Gasteiger partial charge < -0.3 is 14.6 Å². The summed E-state index contributed by atoms with van der Waals surface area (Å²) >= 11 is 0. The van der Waals surface area contributed by atoms with Crippen molar-refractivity contribution in [2.75, 3.05) is 13.2 Å². The molecule has 0 aliphatic carbocycles. The van der Waals surface area contributed by atoms with Gasteiger partial charge in [-0.3, -0.25) is 0 Å². The van der Waals surface area contributed by atoms with Crippen molar-refractivity contribution in [2.24, 2.45) is 0 Å². The van der Waals surface area contributed by atoms with Gasteiger partial charge in [-0.1, -0.05) is 18.2 Å². The number of aliphatic hydroxyl groups is 1. The zero-order valence-corrected chi connectivity index (χ0v) is 10.2. The van der Waals surface area contributed by atoms with Crippen molar-refractivity contribution in [3.8, 4) is 0 Å². The van der Waals surface area contributed by atoms with E-state index in [2.05, 4.69) is 0 Å². The minimum Gasteiger partial charge on any atom is -0.396 e. The van der Waals surface area contributed by atoms with Crippen LogP contribution in [0.5, 0.6) is 0 Å². The van der Waals surface area contributed by atoms with Crippen LogP contribution in [-0.4, -0.2) is 30.7 Å². The van der Waals surface area contributed by atoms with Crippen molar-refractivity contribution in [3.05, 3.63) is 35.4 Å². The second kappa shape index (κ2) is 5.90. The van der Waals surface area contributed by atoms with Crippen LogP contribution in [0.4, 0.5) is 13.2 Å². The second-order valence-electron chi connectivity index (χ2n) is 4.39. The third-order valence-electron chi connectivity index (χ3n) is 2.97. The van der Waals surface area contributed by atoms with E-state index in [1.165, 1.54) is 12.1 Å². The first kappa shape index (κ1) is 14.3. The summed E-state index contributed by atoms with van der Waals surface area (Å²) < 4.78 is 49.1. The van der Waals surface area contributed by atoms with Crippen molar-refractivity contribution < 1.29 is 27.8 Å². The standard InChI is InChI=1S/C13H15F3O3/c14-13(15,16)11-4-2-1-3-9(11)7-12-18-8-10(19-12)5-6-17/h1-4,10,12,17H,5-8H2. The lowest BCUT2D eigenvalue weighted by Gasteiger charge is -2.15. The lowest BCUT2D eigenvalue weighted by atomic mass is 10.0. The summed E-state index contributed by atoms with van der Waals surface area (Å²) in [6.45, 7) is 0.277. The molecule has 3 nitrogen and oxygen atoms in total. The van der Waals surface area contributed by atoms with E-state index in [0.717, 1.165) is 6.07 Å². The maximum absolute atomic E-state index is 12.8. The van der Waals surface area contributed by atoms with Crippen molar-refractivity contribution in [2.45, 2.75) is 31.4 Å². The van der Waals surface area contributed by atoms with Crippen molar-refractivity contribution in [1.29, 1.82) is 0 Å². The minimum absolute atomic E-state index is 0.0279. The smallest absolute Gasteiger partial charge is 0.396 e. The zero-order chi connectivity index (χ0) is 13.9. The molecule has 1 aromatic rings. The Labute approximate surface area is 108 Å². The molecule has 0 spiro atoms. The number of hydrogen-bond donors (Lipinski definition) is 1. The van der Waals surface area contributed by atoms with Crippen LogP contribution in [0, 0.1) is 0 Å². The molecule has 106 valence electrons. The van der Waals surface area contributed by atoms with E-state index in [1.807, 2.05) is 0 Å². The van der Waals surface area contributed by atoms with Gasteiger partial charge in [0.15, 0.2) is 6.29 Å². The highest BCUT2D eigenvalue weighted by Gasteiger charge is 2.34. The van der Waals surface area contributed by atoms with Crippen LogP contribution >= 0.6 is 0 Å². The highest BCUT2D eigenvalue weighted by Crippen LogP contribution is 2.33. The molecule has 0 saturated carbocycles. The molecule has 1 N–H and O–H groups in total. The summed E-state index contributed by atoms with van der Waals surface area (Å²) in [6.07, 6.45) is -4.82. The van der Waals surface area contributed by atoms with Crippen molar-refractivity contribution in [1.82, 2.24) is 0 Å². The van der Waals surface area contributed by atoms with Gasteiger partial charge >= 0.3 is 6.18 Å².